The van der Waals surface area contributed by atoms with Crippen molar-refractivity contribution in [1.82, 2.24) is 10.2 Å². The van der Waals surface area contributed by atoms with Crippen LogP contribution in [0.2, 0.25) is 0 Å². The number of ketones is 1. The van der Waals surface area contributed by atoms with Gasteiger partial charge in [-0.05, 0) is 30.0 Å². The number of nitrogens with one attached hydrogen (secondary N) is 1. The van der Waals surface area contributed by atoms with Crippen LogP contribution >= 0.6 is 0 Å². The minimum Gasteiger partial charge on any atom is -0.659 e. The number of amides is 1. The van der Waals surface area contributed by atoms with Gasteiger partial charge in [0, 0.05) is 84.3 Å². The van der Waals surface area contributed by atoms with E-state index in [-0.39, 0.29) is 77.6 Å². The Morgan fingerprint density at radius 1 is 1.17 bits per heavy atom. The van der Waals surface area contributed by atoms with Crippen LogP contribution in [0.4, 0.5) is 13.2 Å². The molecule has 1 amide bonds. The van der Waals surface area contributed by atoms with E-state index in [4.69, 9.17) is 0 Å². The van der Waals surface area contributed by atoms with E-state index in [9.17, 15) is 22.8 Å². The monoisotopic (exact) mass is 670 g/mol. The smallest absolute Gasteiger partial charge is 0.407 e. The van der Waals surface area contributed by atoms with Crippen molar-refractivity contribution >= 4 is 11.7 Å². The number of piperazine rings is 1. The Morgan fingerprint density at radius 2 is 1.70 bits per heavy atom. The van der Waals surface area contributed by atoms with Gasteiger partial charge in [-0.3, -0.25) is 10.1 Å². The van der Waals surface area contributed by atoms with Crippen molar-refractivity contribution in [2.75, 3.05) is 26.2 Å². The average molecular weight is 670 g/mol. The Balaban J connectivity index is 0.00000420. The number of carbonyl (C=O) groups excluding carboxylic acids is 2. The van der Waals surface area contributed by atoms with E-state index in [1.807, 2.05) is 13.8 Å². The van der Waals surface area contributed by atoms with Gasteiger partial charge in [-0.1, -0.05) is 26.0 Å². The van der Waals surface area contributed by atoms with Crippen molar-refractivity contribution in [3.05, 3.63) is 47.6 Å². The van der Waals surface area contributed by atoms with Crippen LogP contribution in [-0.2, 0) is 58.6 Å². The Bertz CT molecular complexity index is 681. The van der Waals surface area contributed by atoms with Gasteiger partial charge in [-0.15, -0.1) is 13.1 Å². The Hall–Kier alpha value is -0.268. The van der Waals surface area contributed by atoms with Gasteiger partial charge in [0.2, 0.25) is 0 Å². The van der Waals surface area contributed by atoms with E-state index in [0.717, 1.165) is 0 Å². The van der Waals surface area contributed by atoms with E-state index >= 15 is 0 Å². The third kappa shape index (κ3) is 8.70. The second kappa shape index (κ2) is 13.3. The molecule has 1 aliphatic rings. The summed E-state index contributed by atoms with van der Waals surface area (Å²) in [6, 6.07) is 2.35. The molecule has 2 atom stereocenters. The normalized spacial score (nSPS) is 16.3. The molecular formula is C20H26F3N3O2WY-2. The van der Waals surface area contributed by atoms with Gasteiger partial charge in [0.15, 0.2) is 0 Å². The van der Waals surface area contributed by atoms with Crippen molar-refractivity contribution in [3.63, 3.8) is 0 Å². The summed E-state index contributed by atoms with van der Waals surface area (Å²) in [4.78, 5) is 25.8. The molecule has 165 valence electrons. The minimum absolute atomic E-state index is 0. The van der Waals surface area contributed by atoms with Crippen LogP contribution in [-0.4, -0.2) is 55.0 Å². The summed E-state index contributed by atoms with van der Waals surface area (Å²) < 4.78 is 40.9. The molecule has 1 unspecified atom stereocenters. The van der Waals surface area contributed by atoms with Crippen LogP contribution in [0.15, 0.2) is 24.3 Å². The Labute approximate surface area is 215 Å². The summed E-state index contributed by atoms with van der Waals surface area (Å²) in [5.41, 5.74) is 0.284. The molecule has 1 saturated heterocycles. The maximum Gasteiger partial charge on any atom is 0.407 e. The molecule has 1 heterocycles. The van der Waals surface area contributed by atoms with Crippen molar-refractivity contribution < 1.29 is 76.5 Å². The average Bonchev–Trinajstić information content (AvgIpc) is 2.64. The fourth-order valence-electron chi connectivity index (χ4n) is 3.15. The second-order valence-electron chi connectivity index (χ2n) is 7.37. The van der Waals surface area contributed by atoms with E-state index in [1.54, 1.807) is 4.90 Å². The van der Waals surface area contributed by atoms with E-state index in [2.05, 4.69) is 17.6 Å². The van der Waals surface area contributed by atoms with Gasteiger partial charge >= 0.3 is 6.18 Å². The third-order valence-corrected chi connectivity index (χ3v) is 4.63. The number of rotatable bonds is 7. The van der Waals surface area contributed by atoms with Gasteiger partial charge in [-0.2, -0.15) is 13.2 Å². The zero-order valence-electron chi connectivity index (χ0n) is 17.1. The molecule has 1 aromatic rings. The predicted molar refractivity (Wildman–Crippen MR) is 101 cm³/mol. The van der Waals surface area contributed by atoms with Crippen LogP contribution in [0.5, 0.6) is 0 Å². The van der Waals surface area contributed by atoms with E-state index < -0.39 is 24.0 Å². The molecule has 1 N–H and O–H groups in total. The van der Waals surface area contributed by atoms with Gasteiger partial charge < -0.3 is 21.9 Å². The molecule has 1 radical (unpaired) electrons. The summed E-state index contributed by atoms with van der Waals surface area (Å²) in [5.74, 6) is -0.762. The first kappa shape index (κ1) is 29.7. The fraction of sp³-hybridized carbons (Fsp3) is 0.550. The maximum absolute atomic E-state index is 13.6. The van der Waals surface area contributed by atoms with E-state index in [0.29, 0.717) is 31.7 Å². The number of carbonyl (C=O) groups is 2. The number of hydrogen-bond acceptors (Lipinski definition) is 3. The zero-order valence-corrected chi connectivity index (χ0v) is 22.9. The third-order valence-electron chi connectivity index (χ3n) is 4.63. The quantitative estimate of drug-likeness (QED) is 0.453. The number of halogens is 3. The largest absolute Gasteiger partial charge is 0.659 e. The fourth-order valence-corrected chi connectivity index (χ4v) is 3.15. The molecule has 0 aliphatic carbocycles. The Morgan fingerprint density at radius 3 is 2.13 bits per heavy atom. The van der Waals surface area contributed by atoms with Gasteiger partial charge in [-0.25, -0.2) is 0 Å². The predicted octanol–water partition coefficient (Wildman–Crippen LogP) is 3.52. The topological polar surface area (TPSA) is 63.5 Å². The maximum atomic E-state index is 13.6. The standard InChI is InChI=1S/C20H26F3N3O2.W.Y/c1-13(2)12-17(14(3)27)25-18(20(21,22)23)15-4-6-16(7-5-15)19(28)26-10-8-24-9-11-26;;/h4-7,13,17-18,25H,3,8-12H2,1-2H3;;/q-2;;/t17-,18?;;/m0../s1. The molecule has 30 heavy (non-hydrogen) atoms. The SMILES string of the molecule is [CH2-]C(=O)[C@H](CC(C)C)NC(c1ccc(C(=O)N2CC[N-]CC2)cc1)C(F)(F)F.[W].[Y]. The molecule has 1 aromatic carbocycles. The number of alkyl halides is 3. The van der Waals surface area contributed by atoms with Crippen LogP contribution in [0.3, 0.4) is 0 Å². The summed E-state index contributed by atoms with van der Waals surface area (Å²) in [7, 11) is 0. The van der Waals surface area contributed by atoms with Gasteiger partial charge in [0.1, 0.15) is 6.04 Å². The molecule has 1 aliphatic heterocycles. The van der Waals surface area contributed by atoms with Crippen molar-refractivity contribution in [3.8, 4) is 0 Å². The molecule has 0 aromatic heterocycles. The van der Waals surface area contributed by atoms with Crippen LogP contribution < -0.4 is 5.32 Å². The molecule has 0 bridgehead atoms. The van der Waals surface area contributed by atoms with Crippen LogP contribution in [0.1, 0.15) is 42.2 Å². The second-order valence-corrected chi connectivity index (χ2v) is 7.37. The zero-order chi connectivity index (χ0) is 20.9. The summed E-state index contributed by atoms with van der Waals surface area (Å²) in [5, 5.41) is 6.58. The van der Waals surface area contributed by atoms with Crippen molar-refractivity contribution in [2.24, 2.45) is 5.92 Å². The van der Waals surface area contributed by atoms with Crippen LogP contribution in [0, 0.1) is 12.8 Å². The molecule has 1 fully saturated rings. The number of Topliss-reactive ketones (excluding diaryl/α,β-unsaturated/α-hetero) is 1. The molecule has 5 nitrogen and oxygen atoms in total. The van der Waals surface area contributed by atoms with Gasteiger partial charge in [0.05, 0.1) is 0 Å². The van der Waals surface area contributed by atoms with Crippen LogP contribution in [0.25, 0.3) is 5.32 Å². The van der Waals surface area contributed by atoms with Gasteiger partial charge in [0.25, 0.3) is 5.91 Å². The summed E-state index contributed by atoms with van der Waals surface area (Å²) >= 11 is 0. The number of benzene rings is 1. The first-order valence-corrected chi connectivity index (χ1v) is 9.30. The molecule has 0 spiro atoms. The minimum atomic E-state index is -4.59. The molecule has 0 saturated carbocycles. The molecular weight excluding hydrogens is 644 g/mol. The Kier molecular flexibility index (Phi) is 13.2. The number of nitrogens with zero attached hydrogens (tertiary/aromatic N) is 2. The van der Waals surface area contributed by atoms with Crippen molar-refractivity contribution in [1.29, 1.82) is 0 Å². The summed E-state index contributed by atoms with van der Waals surface area (Å²) in [6.07, 6.45) is -4.34. The summed E-state index contributed by atoms with van der Waals surface area (Å²) in [6.45, 7) is 9.10. The first-order valence-electron chi connectivity index (χ1n) is 9.30. The van der Waals surface area contributed by atoms with E-state index in [1.165, 1.54) is 24.3 Å². The number of hydrogen-bond donors (Lipinski definition) is 1. The molecule has 10 heteroatoms. The molecule has 2 rings (SSSR count). The van der Waals surface area contributed by atoms with Crippen molar-refractivity contribution in [2.45, 2.75) is 38.5 Å². The first-order chi connectivity index (χ1) is 13.1.